The van der Waals surface area contributed by atoms with Gasteiger partial charge in [-0.3, -0.25) is 9.45 Å². The maximum absolute atomic E-state index is 11.2. The van der Waals surface area contributed by atoms with Gasteiger partial charge in [-0.1, -0.05) is 0 Å². The molecule has 2 rings (SSSR count). The predicted molar refractivity (Wildman–Crippen MR) is 61.7 cm³/mol. The summed E-state index contributed by atoms with van der Waals surface area (Å²) in [4.78, 5) is 1.63. The van der Waals surface area contributed by atoms with Gasteiger partial charge >= 0.3 is 0 Å². The third-order valence-corrected chi connectivity index (χ3v) is 3.55. The molecule has 0 amide bonds. The molecule has 4 nitrogen and oxygen atoms in total. The highest BCUT2D eigenvalue weighted by atomic mass is 32.2. The lowest BCUT2D eigenvalue weighted by molar-refractivity contribution is 0.472. The zero-order chi connectivity index (χ0) is 11.8. The molecule has 0 saturated heterocycles. The number of hydrogen-bond donors (Lipinski definition) is 1. The van der Waals surface area contributed by atoms with Gasteiger partial charge in [-0.05, 0) is 19.1 Å². The Morgan fingerprint density at radius 2 is 2.12 bits per heavy atom. The molecule has 1 aliphatic rings. The number of rotatable bonds is 2. The molecule has 0 spiro atoms. The second kappa shape index (κ2) is 3.87. The molecule has 1 heterocycles. The highest BCUT2D eigenvalue weighted by Gasteiger charge is 2.35. The molecule has 1 aliphatic heterocycles. The number of hydrogen-bond acceptors (Lipinski definition) is 3. The number of para-hydroxylation sites is 1. The minimum Gasteiger partial charge on any atom is -0.294 e. The number of nitrogens with zero attached hydrogens (tertiary/aromatic N) is 1. The van der Waals surface area contributed by atoms with Gasteiger partial charge in [0.25, 0.3) is 10.1 Å². The van der Waals surface area contributed by atoms with Crippen LogP contribution in [0.1, 0.15) is 12.5 Å². The van der Waals surface area contributed by atoms with Gasteiger partial charge in [0.1, 0.15) is 0 Å². The van der Waals surface area contributed by atoms with Crippen molar-refractivity contribution in [1.29, 1.82) is 0 Å². The lowest BCUT2D eigenvalue weighted by atomic mass is 10.1. The van der Waals surface area contributed by atoms with E-state index < -0.39 is 15.5 Å². The first-order valence-electron chi connectivity index (χ1n) is 4.96. The van der Waals surface area contributed by atoms with Crippen molar-refractivity contribution in [2.45, 2.75) is 12.3 Å². The van der Waals surface area contributed by atoms with Crippen LogP contribution in [0.3, 0.4) is 0 Å². The zero-order valence-electron chi connectivity index (χ0n) is 8.79. The second-order valence-corrected chi connectivity index (χ2v) is 5.03. The maximum atomic E-state index is 11.2. The highest BCUT2D eigenvalue weighted by Crippen LogP contribution is 2.28. The summed E-state index contributed by atoms with van der Waals surface area (Å²) in [5.41, 5.74) is 1.61. The molecular formula is C11H12NO3S+. The zero-order valence-corrected chi connectivity index (χ0v) is 9.61. The summed E-state index contributed by atoms with van der Waals surface area (Å²) in [6.07, 6.45) is 4.25. The maximum Gasteiger partial charge on any atom is 0.293 e. The first-order valence-corrected chi connectivity index (χ1v) is 6.46. The number of benzene rings is 1. The fraction of sp³-hybridized carbons (Fsp3) is 0.273. The smallest absolute Gasteiger partial charge is 0.293 e. The van der Waals surface area contributed by atoms with Crippen LogP contribution in [0.4, 0.5) is 5.69 Å². The third-order valence-electron chi connectivity index (χ3n) is 2.55. The first kappa shape index (κ1) is 11.1. The van der Waals surface area contributed by atoms with E-state index in [-0.39, 0.29) is 0 Å². The minimum atomic E-state index is -4.12. The number of anilines is 1. The third kappa shape index (κ3) is 1.80. The second-order valence-electron chi connectivity index (χ2n) is 3.52. The molecule has 0 saturated carbocycles. The molecule has 0 radical (unpaired) electrons. The van der Waals surface area contributed by atoms with Crippen LogP contribution in [0.15, 0.2) is 30.3 Å². The lowest BCUT2D eigenvalue weighted by Gasteiger charge is -2.26. The first-order chi connectivity index (χ1) is 7.54. The average Bonchev–Trinajstić information content (AvgIpc) is 2.26. The van der Waals surface area contributed by atoms with E-state index in [2.05, 4.69) is 6.08 Å². The molecule has 1 atom stereocenters. The van der Waals surface area contributed by atoms with Gasteiger partial charge in [0, 0.05) is 18.7 Å². The Balaban J connectivity index is 2.53. The van der Waals surface area contributed by atoms with E-state index in [4.69, 9.17) is 4.55 Å². The summed E-state index contributed by atoms with van der Waals surface area (Å²) in [7, 11) is -4.12. The van der Waals surface area contributed by atoms with Crippen molar-refractivity contribution >= 4 is 15.8 Å². The Morgan fingerprint density at radius 3 is 2.75 bits per heavy atom. The van der Waals surface area contributed by atoms with E-state index >= 15 is 0 Å². The average molecular weight is 238 g/mol. The van der Waals surface area contributed by atoms with Crippen LogP contribution in [-0.4, -0.2) is 24.9 Å². The fourth-order valence-electron chi connectivity index (χ4n) is 1.83. The molecule has 1 aromatic carbocycles. The van der Waals surface area contributed by atoms with Crippen molar-refractivity contribution in [3.05, 3.63) is 42.0 Å². The minimum absolute atomic E-state index is 0.500. The summed E-state index contributed by atoms with van der Waals surface area (Å²) in [6.45, 7) is 2.34. The molecule has 1 unspecified atom stereocenters. The van der Waals surface area contributed by atoms with Crippen LogP contribution >= 0.6 is 0 Å². The lowest BCUT2D eigenvalue weighted by Crippen LogP contribution is -2.41. The summed E-state index contributed by atoms with van der Waals surface area (Å²) in [6, 6.07) is 7.36. The molecule has 0 aliphatic carbocycles. The van der Waals surface area contributed by atoms with Crippen molar-refractivity contribution < 1.29 is 13.0 Å². The Kier molecular flexibility index (Phi) is 2.68. The molecule has 0 aromatic heterocycles. The van der Waals surface area contributed by atoms with Gasteiger partial charge in [0.05, 0.1) is 12.1 Å². The fourth-order valence-corrected chi connectivity index (χ4v) is 2.66. The molecule has 0 fully saturated rings. The Morgan fingerprint density at radius 1 is 1.44 bits per heavy atom. The van der Waals surface area contributed by atoms with Crippen molar-refractivity contribution in [2.24, 2.45) is 0 Å². The topological polar surface area (TPSA) is 57.6 Å². The van der Waals surface area contributed by atoms with Crippen molar-refractivity contribution in [3.8, 4) is 0 Å². The normalized spacial score (nSPS) is 19.1. The monoisotopic (exact) mass is 238 g/mol. The molecule has 1 N–H and O–H groups in total. The van der Waals surface area contributed by atoms with E-state index in [1.807, 2.05) is 31.2 Å². The summed E-state index contributed by atoms with van der Waals surface area (Å²) >= 11 is 0. The molecule has 1 aromatic rings. The SMILES string of the molecule is CCN1c2ccccc2[C+]=CC1S(=O)(=O)O. The standard InChI is InChI=1S/C11H11NO3S/c1-2-12-10-6-4-3-5-9(10)7-8-11(12)16(13,14)15/h3-6,8,11H,2H2,1H3/p+1. The summed E-state index contributed by atoms with van der Waals surface area (Å²) < 4.78 is 31.5. The van der Waals surface area contributed by atoms with Crippen LogP contribution in [0.25, 0.3) is 0 Å². The van der Waals surface area contributed by atoms with Crippen molar-refractivity contribution in [1.82, 2.24) is 0 Å². The summed E-state index contributed by atoms with van der Waals surface area (Å²) in [5.74, 6) is 0. The molecular weight excluding hydrogens is 226 g/mol. The van der Waals surface area contributed by atoms with E-state index in [0.717, 1.165) is 11.3 Å². The van der Waals surface area contributed by atoms with E-state index in [9.17, 15) is 8.42 Å². The van der Waals surface area contributed by atoms with E-state index in [1.165, 1.54) is 6.08 Å². The van der Waals surface area contributed by atoms with Gasteiger partial charge in [0.2, 0.25) is 10.9 Å². The van der Waals surface area contributed by atoms with Crippen LogP contribution in [0, 0.1) is 6.08 Å². The van der Waals surface area contributed by atoms with Gasteiger partial charge in [-0.25, -0.2) is 0 Å². The number of fused-ring (bicyclic) bond motifs is 1. The Bertz CT molecular complexity index is 522. The van der Waals surface area contributed by atoms with Crippen molar-refractivity contribution in [3.63, 3.8) is 0 Å². The van der Waals surface area contributed by atoms with Gasteiger partial charge in [0.15, 0.2) is 5.69 Å². The number of likely N-dealkylation sites (N-methyl/N-ethyl adjacent to an activating group) is 1. The quantitative estimate of drug-likeness (QED) is 0.626. The molecule has 16 heavy (non-hydrogen) atoms. The molecule has 5 heteroatoms. The van der Waals surface area contributed by atoms with Crippen molar-refractivity contribution in [2.75, 3.05) is 11.4 Å². The van der Waals surface area contributed by atoms with E-state index in [0.29, 0.717) is 6.54 Å². The predicted octanol–water partition coefficient (Wildman–Crippen LogP) is 1.45. The van der Waals surface area contributed by atoms with Crippen LogP contribution in [0.2, 0.25) is 0 Å². The highest BCUT2D eigenvalue weighted by molar-refractivity contribution is 7.86. The van der Waals surface area contributed by atoms with Crippen LogP contribution < -0.4 is 4.90 Å². The molecule has 84 valence electrons. The Hall–Kier alpha value is -1.42. The Labute approximate surface area is 94.9 Å². The summed E-state index contributed by atoms with van der Waals surface area (Å²) in [5, 5.41) is -1.03. The van der Waals surface area contributed by atoms with Crippen LogP contribution in [-0.2, 0) is 10.1 Å². The molecule has 0 bridgehead atoms. The van der Waals surface area contributed by atoms with Gasteiger partial charge in [-0.15, -0.1) is 0 Å². The van der Waals surface area contributed by atoms with E-state index in [1.54, 1.807) is 4.90 Å². The largest absolute Gasteiger partial charge is 0.294 e. The van der Waals surface area contributed by atoms with Gasteiger partial charge in [-0.2, -0.15) is 8.42 Å². The van der Waals surface area contributed by atoms with Crippen LogP contribution in [0.5, 0.6) is 0 Å². The van der Waals surface area contributed by atoms with Gasteiger partial charge < -0.3 is 0 Å².